The van der Waals surface area contributed by atoms with E-state index in [1.165, 1.54) is 0 Å². The van der Waals surface area contributed by atoms with Crippen LogP contribution in [-0.2, 0) is 9.53 Å². The fourth-order valence-electron chi connectivity index (χ4n) is 1.12. The molecule has 90 valence electrons. The lowest BCUT2D eigenvalue weighted by Gasteiger charge is -2.31. The van der Waals surface area contributed by atoms with Crippen molar-refractivity contribution in [2.45, 2.75) is 47.3 Å². The van der Waals surface area contributed by atoms with E-state index in [9.17, 15) is 4.79 Å². The van der Waals surface area contributed by atoms with Crippen molar-refractivity contribution in [3.63, 3.8) is 0 Å². The van der Waals surface area contributed by atoms with Crippen molar-refractivity contribution in [1.82, 2.24) is 4.90 Å². The van der Waals surface area contributed by atoms with Crippen LogP contribution in [0.1, 0.15) is 41.0 Å². The normalized spacial score (nSPS) is 16.3. The molecule has 0 aliphatic rings. The van der Waals surface area contributed by atoms with Crippen molar-refractivity contribution >= 4 is 5.97 Å². The van der Waals surface area contributed by atoms with E-state index in [1.807, 2.05) is 39.8 Å². The molecule has 0 N–H and O–H groups in total. The quantitative estimate of drug-likeness (QED) is 0.521. The van der Waals surface area contributed by atoms with Gasteiger partial charge in [0.2, 0.25) is 0 Å². The molecule has 3 nitrogen and oxygen atoms in total. The van der Waals surface area contributed by atoms with Crippen molar-refractivity contribution in [1.29, 1.82) is 0 Å². The fraction of sp³-hybridized carbons (Fsp3) is 0.917. The van der Waals surface area contributed by atoms with E-state index in [1.54, 1.807) is 0 Å². The van der Waals surface area contributed by atoms with Gasteiger partial charge in [-0.1, -0.05) is 20.3 Å². The molecule has 2 unspecified atom stereocenters. The van der Waals surface area contributed by atoms with E-state index in [0.717, 1.165) is 6.42 Å². The number of hydrogen-bond acceptors (Lipinski definition) is 3. The highest BCUT2D eigenvalue weighted by Crippen LogP contribution is 2.30. The number of carbonyl (C=O) groups excluding carboxylic acids is 1. The van der Waals surface area contributed by atoms with Gasteiger partial charge in [-0.3, -0.25) is 9.69 Å². The maximum absolute atomic E-state index is 11.9. The first-order valence-corrected chi connectivity index (χ1v) is 5.61. The average molecular weight is 215 g/mol. The number of ether oxygens (including phenoxy) is 1. The Hall–Kier alpha value is -0.570. The molecule has 0 bridgehead atoms. The highest BCUT2D eigenvalue weighted by molar-refractivity contribution is 5.76. The minimum Gasteiger partial charge on any atom is -0.446 e. The maximum Gasteiger partial charge on any atom is 0.313 e. The molecule has 0 saturated heterocycles. The van der Waals surface area contributed by atoms with Gasteiger partial charge in [0, 0.05) is 0 Å². The van der Waals surface area contributed by atoms with Gasteiger partial charge in [0.05, 0.1) is 5.41 Å². The van der Waals surface area contributed by atoms with Crippen LogP contribution in [-0.4, -0.2) is 31.2 Å². The largest absolute Gasteiger partial charge is 0.446 e. The Labute approximate surface area is 93.8 Å². The Balaban J connectivity index is 4.44. The summed E-state index contributed by atoms with van der Waals surface area (Å²) in [7, 11) is 3.79. The topological polar surface area (TPSA) is 29.5 Å². The molecule has 0 aliphatic carbocycles. The molecule has 0 radical (unpaired) electrons. The predicted molar refractivity (Wildman–Crippen MR) is 62.5 cm³/mol. The molecule has 3 heteroatoms. The summed E-state index contributed by atoms with van der Waals surface area (Å²) in [5, 5.41) is 0. The van der Waals surface area contributed by atoms with E-state index in [4.69, 9.17) is 4.74 Å². The van der Waals surface area contributed by atoms with Crippen LogP contribution >= 0.6 is 0 Å². The summed E-state index contributed by atoms with van der Waals surface area (Å²) < 4.78 is 5.39. The summed E-state index contributed by atoms with van der Waals surface area (Å²) in [5.41, 5.74) is -0.404. The second-order valence-corrected chi connectivity index (χ2v) is 5.00. The highest BCUT2D eigenvalue weighted by Gasteiger charge is 2.35. The van der Waals surface area contributed by atoms with Gasteiger partial charge < -0.3 is 4.74 Å². The van der Waals surface area contributed by atoms with Crippen LogP contribution in [0.3, 0.4) is 0 Å². The second-order valence-electron chi connectivity index (χ2n) is 5.00. The van der Waals surface area contributed by atoms with Crippen molar-refractivity contribution < 1.29 is 9.53 Å². The van der Waals surface area contributed by atoms with Gasteiger partial charge in [-0.25, -0.2) is 0 Å². The van der Waals surface area contributed by atoms with Gasteiger partial charge in [-0.2, -0.15) is 0 Å². The standard InChI is InChI=1S/C12H25NO2/c1-8-9(2)12(4,5)11(14)15-10(3)13(6)7/h9-10H,8H2,1-7H3. The van der Waals surface area contributed by atoms with Crippen molar-refractivity contribution in [2.24, 2.45) is 11.3 Å². The summed E-state index contributed by atoms with van der Waals surface area (Å²) in [6, 6.07) is 0. The third-order valence-corrected chi connectivity index (χ3v) is 3.38. The molecule has 0 heterocycles. The molecule has 0 saturated carbocycles. The van der Waals surface area contributed by atoms with E-state index < -0.39 is 5.41 Å². The van der Waals surface area contributed by atoms with Crippen LogP contribution in [0.4, 0.5) is 0 Å². The molecular formula is C12H25NO2. The van der Waals surface area contributed by atoms with Gasteiger partial charge in [-0.05, 0) is 40.8 Å². The lowest BCUT2D eigenvalue weighted by Crippen LogP contribution is -2.38. The van der Waals surface area contributed by atoms with Crippen LogP contribution in [0.25, 0.3) is 0 Å². The van der Waals surface area contributed by atoms with Crippen molar-refractivity contribution in [2.75, 3.05) is 14.1 Å². The lowest BCUT2D eigenvalue weighted by molar-refractivity contribution is -0.169. The Morgan fingerprint density at radius 1 is 1.33 bits per heavy atom. The third-order valence-electron chi connectivity index (χ3n) is 3.38. The summed E-state index contributed by atoms with van der Waals surface area (Å²) in [4.78, 5) is 13.8. The number of hydrogen-bond donors (Lipinski definition) is 0. The molecule has 0 fully saturated rings. The molecule has 2 atom stereocenters. The third kappa shape index (κ3) is 3.82. The highest BCUT2D eigenvalue weighted by atomic mass is 16.6. The summed E-state index contributed by atoms with van der Waals surface area (Å²) in [6.07, 6.45) is 0.819. The first-order chi connectivity index (χ1) is 6.73. The van der Waals surface area contributed by atoms with Gasteiger partial charge in [0.25, 0.3) is 0 Å². The summed E-state index contributed by atoms with van der Waals surface area (Å²) >= 11 is 0. The van der Waals surface area contributed by atoms with E-state index >= 15 is 0 Å². The van der Waals surface area contributed by atoms with Gasteiger partial charge in [0.15, 0.2) is 6.23 Å². The molecule has 0 aliphatic heterocycles. The predicted octanol–water partition coefficient (Wildman–Crippen LogP) is 2.51. The molecule has 0 aromatic rings. The van der Waals surface area contributed by atoms with Crippen molar-refractivity contribution in [3.8, 4) is 0 Å². The van der Waals surface area contributed by atoms with Crippen LogP contribution in [0.15, 0.2) is 0 Å². The van der Waals surface area contributed by atoms with Crippen LogP contribution in [0.2, 0.25) is 0 Å². The minimum atomic E-state index is -0.404. The minimum absolute atomic E-state index is 0.113. The molecule has 0 aromatic carbocycles. The Morgan fingerprint density at radius 3 is 2.13 bits per heavy atom. The lowest BCUT2D eigenvalue weighted by atomic mass is 9.78. The maximum atomic E-state index is 11.9. The van der Waals surface area contributed by atoms with E-state index in [0.29, 0.717) is 5.92 Å². The number of esters is 1. The van der Waals surface area contributed by atoms with Gasteiger partial charge >= 0.3 is 5.97 Å². The number of nitrogens with zero attached hydrogens (tertiary/aromatic N) is 1. The first kappa shape index (κ1) is 14.4. The van der Waals surface area contributed by atoms with Gasteiger partial charge in [0.1, 0.15) is 0 Å². The second kappa shape index (κ2) is 5.50. The molecule has 0 aromatic heterocycles. The van der Waals surface area contributed by atoms with Crippen molar-refractivity contribution in [3.05, 3.63) is 0 Å². The van der Waals surface area contributed by atoms with E-state index in [2.05, 4.69) is 13.8 Å². The van der Waals surface area contributed by atoms with Crippen LogP contribution < -0.4 is 0 Å². The zero-order valence-corrected chi connectivity index (χ0v) is 11.1. The van der Waals surface area contributed by atoms with E-state index in [-0.39, 0.29) is 12.2 Å². The monoisotopic (exact) mass is 215 g/mol. The van der Waals surface area contributed by atoms with Crippen LogP contribution in [0, 0.1) is 11.3 Å². The van der Waals surface area contributed by atoms with Gasteiger partial charge in [-0.15, -0.1) is 0 Å². The molecule has 0 amide bonds. The first-order valence-electron chi connectivity index (χ1n) is 5.61. The fourth-order valence-corrected chi connectivity index (χ4v) is 1.12. The SMILES string of the molecule is CCC(C)C(C)(C)C(=O)OC(C)N(C)C. The smallest absolute Gasteiger partial charge is 0.313 e. The number of rotatable bonds is 5. The summed E-state index contributed by atoms with van der Waals surface area (Å²) in [6.45, 7) is 9.96. The molecule has 0 rings (SSSR count). The Kier molecular flexibility index (Phi) is 5.29. The average Bonchev–Trinajstić information content (AvgIpc) is 2.15. The molecular weight excluding hydrogens is 190 g/mol. The summed E-state index contributed by atoms with van der Waals surface area (Å²) in [5.74, 6) is 0.220. The Morgan fingerprint density at radius 2 is 1.80 bits per heavy atom. The van der Waals surface area contributed by atoms with Crippen LogP contribution in [0.5, 0.6) is 0 Å². The number of carbonyl (C=O) groups is 1. The zero-order chi connectivity index (χ0) is 12.2. The molecule has 15 heavy (non-hydrogen) atoms. The zero-order valence-electron chi connectivity index (χ0n) is 11.1. The molecule has 0 spiro atoms. The Bertz CT molecular complexity index is 212.